The van der Waals surface area contributed by atoms with Gasteiger partial charge in [0.15, 0.2) is 0 Å². The SMILES string of the molecule is N#CCNS(=O)(=O)C(S(=O)(=O)NCC#N)(S(=O)(=O)NCC#N)S(=O)(=O)NCC#N. The summed E-state index contributed by atoms with van der Waals surface area (Å²) in [6.45, 7) is -5.00. The van der Waals surface area contributed by atoms with Gasteiger partial charge in [0.2, 0.25) is 0 Å². The van der Waals surface area contributed by atoms with E-state index in [9.17, 15) is 33.7 Å². The molecule has 16 nitrogen and oxygen atoms in total. The fourth-order valence-electron chi connectivity index (χ4n) is 1.73. The summed E-state index contributed by atoms with van der Waals surface area (Å²) in [6, 6.07) is 4.75. The third-order valence-corrected chi connectivity index (χ3v) is 15.3. The molecule has 0 atom stereocenters. The zero-order chi connectivity index (χ0) is 23.0. The Balaban J connectivity index is 7.59. The lowest BCUT2D eigenvalue weighted by molar-refractivity contribution is 0.541. The van der Waals surface area contributed by atoms with E-state index < -0.39 is 69.0 Å². The molecule has 0 heterocycles. The second-order valence-electron chi connectivity index (χ2n) is 4.43. The molecule has 0 unspecified atom stereocenters. The molecule has 160 valence electrons. The number of nitriles is 4. The maximum atomic E-state index is 12.7. The predicted octanol–water partition coefficient (Wildman–Crippen LogP) is -4.63. The van der Waals surface area contributed by atoms with Crippen LogP contribution in [0.25, 0.3) is 0 Å². The molecule has 20 heteroatoms. The fraction of sp³-hybridized carbons (Fsp3) is 0.556. The maximum absolute atomic E-state index is 12.7. The molecule has 0 spiro atoms. The van der Waals surface area contributed by atoms with Gasteiger partial charge in [-0.05, 0) is 0 Å². The average Bonchev–Trinajstić information content (AvgIpc) is 2.60. The lowest BCUT2D eigenvalue weighted by atomic mass is 10.8. The van der Waals surface area contributed by atoms with Gasteiger partial charge in [0.25, 0.3) is 40.1 Å². The Hall–Kier alpha value is -2.40. The maximum Gasteiger partial charge on any atom is 0.423 e. The molecule has 0 aromatic carbocycles. The van der Waals surface area contributed by atoms with Crippen molar-refractivity contribution in [1.29, 1.82) is 21.0 Å². The molecule has 0 aliphatic carbocycles. The second kappa shape index (κ2) is 9.88. The van der Waals surface area contributed by atoms with Gasteiger partial charge in [0, 0.05) is 0 Å². The van der Waals surface area contributed by atoms with Crippen molar-refractivity contribution in [3.8, 4) is 24.3 Å². The molecule has 0 rings (SSSR count). The summed E-state index contributed by atoms with van der Waals surface area (Å²) in [5.74, 6) is 0. The molecule has 0 aromatic heterocycles. The molecule has 0 saturated carbocycles. The van der Waals surface area contributed by atoms with E-state index in [-0.39, 0.29) is 0 Å². The molecule has 0 radical (unpaired) electrons. The van der Waals surface area contributed by atoms with Gasteiger partial charge in [-0.1, -0.05) is 0 Å². The zero-order valence-electron chi connectivity index (χ0n) is 14.0. The van der Waals surface area contributed by atoms with Crippen LogP contribution in [-0.4, -0.2) is 62.6 Å². The summed E-state index contributed by atoms with van der Waals surface area (Å²) in [7, 11) is -24.3. The van der Waals surface area contributed by atoms with Crippen LogP contribution in [0.2, 0.25) is 0 Å². The van der Waals surface area contributed by atoms with E-state index in [1.54, 1.807) is 0 Å². The van der Waals surface area contributed by atoms with Crippen LogP contribution in [-0.2, 0) is 40.1 Å². The first-order valence-corrected chi connectivity index (χ1v) is 12.6. The van der Waals surface area contributed by atoms with E-state index >= 15 is 0 Å². The number of hydrogen-bond acceptors (Lipinski definition) is 12. The highest BCUT2D eigenvalue weighted by atomic mass is 32.4. The van der Waals surface area contributed by atoms with Gasteiger partial charge in [0.1, 0.15) is 0 Å². The van der Waals surface area contributed by atoms with Crippen LogP contribution in [0.3, 0.4) is 0 Å². The summed E-state index contributed by atoms with van der Waals surface area (Å²) in [5, 5.41) is 34.1. The summed E-state index contributed by atoms with van der Waals surface area (Å²) in [4.78, 5) is 0. The minimum atomic E-state index is -6.06. The van der Waals surface area contributed by atoms with Crippen LogP contribution < -0.4 is 18.9 Å². The van der Waals surface area contributed by atoms with E-state index in [0.717, 1.165) is 0 Å². The van der Waals surface area contributed by atoms with Gasteiger partial charge in [0.05, 0.1) is 50.5 Å². The quantitative estimate of drug-likeness (QED) is 0.189. The number of rotatable bonds is 12. The Bertz CT molecular complexity index is 1010. The zero-order valence-corrected chi connectivity index (χ0v) is 17.3. The minimum absolute atomic E-state index is 1.19. The average molecular weight is 489 g/mol. The molecule has 0 aromatic rings. The third kappa shape index (κ3) is 4.96. The molecule has 29 heavy (non-hydrogen) atoms. The Labute approximate surface area is 166 Å². The summed E-state index contributed by atoms with van der Waals surface area (Å²) in [5.41, 5.74) is 0. The van der Waals surface area contributed by atoms with E-state index in [4.69, 9.17) is 21.0 Å². The van der Waals surface area contributed by atoms with Gasteiger partial charge in [-0.25, -0.2) is 33.7 Å². The summed E-state index contributed by atoms with van der Waals surface area (Å²) < 4.78 is 101. The topological polar surface area (TPSA) is 280 Å². The standard InChI is InChI=1S/C9H12N8O8S4/c10-1-5-14-26(18,19)9(27(20,21)15-6-2-11,28(22,23)16-7-3-12)29(24,25)17-8-4-13/h14-17H,5-8H2. The van der Waals surface area contributed by atoms with Crippen molar-refractivity contribution >= 4 is 40.1 Å². The van der Waals surface area contributed by atoms with Gasteiger partial charge >= 0.3 is 2.74 Å². The van der Waals surface area contributed by atoms with E-state index in [2.05, 4.69) is 0 Å². The minimum Gasteiger partial charge on any atom is -0.208 e. The highest BCUT2D eigenvalue weighted by molar-refractivity contribution is 8.38. The number of nitrogens with zero attached hydrogens (tertiary/aromatic N) is 4. The van der Waals surface area contributed by atoms with Gasteiger partial charge in [-0.3, -0.25) is 0 Å². The smallest absolute Gasteiger partial charge is 0.208 e. The van der Waals surface area contributed by atoms with Crippen LogP contribution in [0.15, 0.2) is 0 Å². The Kier molecular flexibility index (Phi) is 9.06. The van der Waals surface area contributed by atoms with Crippen LogP contribution in [0, 0.1) is 45.3 Å². The highest BCUT2D eigenvalue weighted by Crippen LogP contribution is 2.35. The molecule has 0 aliphatic heterocycles. The lowest BCUT2D eigenvalue weighted by Crippen LogP contribution is -2.69. The molecular weight excluding hydrogens is 476 g/mol. The number of hydrogen-bond donors (Lipinski definition) is 4. The summed E-state index contributed by atoms with van der Waals surface area (Å²) >= 11 is 0. The van der Waals surface area contributed by atoms with Crippen molar-refractivity contribution in [2.45, 2.75) is 2.74 Å². The first-order valence-electron chi connectivity index (χ1n) is 6.69. The van der Waals surface area contributed by atoms with Crippen molar-refractivity contribution < 1.29 is 33.7 Å². The van der Waals surface area contributed by atoms with Crippen LogP contribution in [0.4, 0.5) is 0 Å². The number of sulfonamides is 4. The second-order valence-corrected chi connectivity index (χ2v) is 13.6. The van der Waals surface area contributed by atoms with Gasteiger partial charge in [-0.2, -0.15) is 39.9 Å². The van der Waals surface area contributed by atoms with E-state index in [1.165, 1.54) is 43.2 Å². The van der Waals surface area contributed by atoms with E-state index in [1.807, 2.05) is 0 Å². The van der Waals surface area contributed by atoms with Crippen molar-refractivity contribution in [2.75, 3.05) is 26.2 Å². The highest BCUT2D eigenvalue weighted by Gasteiger charge is 2.75. The van der Waals surface area contributed by atoms with Crippen molar-refractivity contribution in [3.05, 3.63) is 0 Å². The molecule has 0 saturated heterocycles. The third-order valence-electron chi connectivity index (χ3n) is 2.68. The predicted molar refractivity (Wildman–Crippen MR) is 92.9 cm³/mol. The first-order chi connectivity index (χ1) is 13.2. The van der Waals surface area contributed by atoms with Crippen LogP contribution >= 0.6 is 0 Å². The Morgan fingerprint density at radius 2 is 0.655 bits per heavy atom. The largest absolute Gasteiger partial charge is 0.423 e. The Morgan fingerprint density at radius 3 is 0.793 bits per heavy atom. The molecule has 0 amide bonds. The van der Waals surface area contributed by atoms with Crippen LogP contribution in [0.1, 0.15) is 0 Å². The molecule has 0 fully saturated rings. The normalized spacial score (nSPS) is 12.8. The van der Waals surface area contributed by atoms with E-state index in [0.29, 0.717) is 0 Å². The van der Waals surface area contributed by atoms with Gasteiger partial charge in [-0.15, -0.1) is 0 Å². The molecule has 0 aliphatic rings. The monoisotopic (exact) mass is 488 g/mol. The molecule has 0 bridgehead atoms. The molecular formula is C9H12N8O8S4. The first kappa shape index (κ1) is 26.6. The molecule has 4 N–H and O–H groups in total. The van der Waals surface area contributed by atoms with Gasteiger partial charge < -0.3 is 0 Å². The summed E-state index contributed by atoms with van der Waals surface area (Å²) in [6.07, 6.45) is 0. The van der Waals surface area contributed by atoms with Crippen molar-refractivity contribution in [3.63, 3.8) is 0 Å². The Morgan fingerprint density at radius 1 is 0.483 bits per heavy atom. The lowest BCUT2D eigenvalue weighted by Gasteiger charge is -2.30. The van der Waals surface area contributed by atoms with Crippen molar-refractivity contribution in [2.24, 2.45) is 0 Å². The fourth-order valence-corrected chi connectivity index (χ4v) is 12.5. The van der Waals surface area contributed by atoms with Crippen molar-refractivity contribution in [1.82, 2.24) is 18.9 Å². The number of nitrogens with one attached hydrogen (secondary N) is 4. The van der Waals surface area contributed by atoms with Crippen LogP contribution in [0.5, 0.6) is 0 Å².